The summed E-state index contributed by atoms with van der Waals surface area (Å²) in [6.45, 7) is 0.247. The number of halogens is 6. The molecule has 1 N–H and O–H groups in total. The third kappa shape index (κ3) is 4.79. The number of rotatable bonds is 2. The fourth-order valence-corrected chi connectivity index (χ4v) is 3.77. The number of pyridine rings is 1. The minimum Gasteiger partial charge on any atom is -0.311 e. The van der Waals surface area contributed by atoms with Crippen LogP contribution in [0.15, 0.2) is 66.9 Å². The van der Waals surface area contributed by atoms with E-state index in [1.54, 1.807) is 6.07 Å². The molecule has 0 fully saturated rings. The summed E-state index contributed by atoms with van der Waals surface area (Å²) in [5, 5.41) is 2.57. The maximum atomic E-state index is 13.1. The molecule has 0 aliphatic carbocycles. The average Bonchev–Trinajstić information content (AvgIpc) is 2.77. The maximum Gasteiger partial charge on any atom is 0.416 e. The molecule has 2 amide bonds. The Kier molecular flexibility index (Phi) is 5.77. The summed E-state index contributed by atoms with van der Waals surface area (Å²) < 4.78 is 77.3. The van der Waals surface area contributed by atoms with Crippen molar-refractivity contribution in [1.29, 1.82) is 0 Å². The quantitative estimate of drug-likeness (QED) is 0.452. The number of amides is 2. The van der Waals surface area contributed by atoms with E-state index >= 15 is 0 Å². The Bertz CT molecular complexity index is 1140. The number of aromatic nitrogens is 1. The lowest BCUT2D eigenvalue weighted by molar-refractivity contribution is -0.138. The number of nitrogens with one attached hydrogen (secondary N) is 1. The molecule has 1 aliphatic rings. The number of urea groups is 1. The summed E-state index contributed by atoms with van der Waals surface area (Å²) in [6.07, 6.45) is -6.99. The Morgan fingerprint density at radius 1 is 0.879 bits per heavy atom. The molecule has 172 valence electrons. The van der Waals surface area contributed by atoms with Gasteiger partial charge >= 0.3 is 18.4 Å². The van der Waals surface area contributed by atoms with Gasteiger partial charge in [0.15, 0.2) is 0 Å². The van der Waals surface area contributed by atoms with Gasteiger partial charge in [-0.1, -0.05) is 18.2 Å². The third-order valence-corrected chi connectivity index (χ3v) is 5.40. The second-order valence-corrected chi connectivity index (χ2v) is 7.52. The van der Waals surface area contributed by atoms with E-state index in [2.05, 4.69) is 10.3 Å². The molecule has 1 atom stereocenters. The molecule has 2 aromatic carbocycles. The number of hydrogen-bond donors (Lipinski definition) is 1. The molecule has 0 radical (unpaired) electrons. The van der Waals surface area contributed by atoms with Crippen molar-refractivity contribution in [3.63, 3.8) is 0 Å². The van der Waals surface area contributed by atoms with Gasteiger partial charge in [0, 0.05) is 18.4 Å². The van der Waals surface area contributed by atoms with Crippen LogP contribution in [0.4, 0.5) is 36.8 Å². The number of benzene rings is 2. The summed E-state index contributed by atoms with van der Waals surface area (Å²) in [5.74, 6) is 0. The van der Waals surface area contributed by atoms with Crippen LogP contribution >= 0.6 is 0 Å². The first-order chi connectivity index (χ1) is 15.5. The Balaban J connectivity index is 1.64. The van der Waals surface area contributed by atoms with Crippen LogP contribution < -0.4 is 5.32 Å². The van der Waals surface area contributed by atoms with Crippen LogP contribution in [0.1, 0.15) is 34.0 Å². The predicted octanol–water partition coefficient (Wildman–Crippen LogP) is 6.30. The predicted molar refractivity (Wildman–Crippen MR) is 108 cm³/mol. The van der Waals surface area contributed by atoms with E-state index in [0.717, 1.165) is 42.0 Å². The molecule has 0 bridgehead atoms. The van der Waals surface area contributed by atoms with Crippen molar-refractivity contribution in [1.82, 2.24) is 9.88 Å². The number of nitrogens with zero attached hydrogens (tertiary/aromatic N) is 2. The lowest BCUT2D eigenvalue weighted by Gasteiger charge is -2.36. The molecule has 1 aliphatic heterocycles. The van der Waals surface area contributed by atoms with Crippen LogP contribution in [0, 0.1) is 0 Å². The van der Waals surface area contributed by atoms with Crippen LogP contribution in [0.5, 0.6) is 0 Å². The van der Waals surface area contributed by atoms with E-state index < -0.39 is 35.6 Å². The number of carbonyl (C=O) groups is 1. The van der Waals surface area contributed by atoms with Gasteiger partial charge in [0.05, 0.1) is 16.8 Å². The van der Waals surface area contributed by atoms with Gasteiger partial charge in [-0.15, -0.1) is 0 Å². The first-order valence-electron chi connectivity index (χ1n) is 9.90. The Morgan fingerprint density at radius 3 is 2.03 bits per heavy atom. The second-order valence-electron chi connectivity index (χ2n) is 7.52. The molecule has 0 spiro atoms. The SMILES string of the molecule is O=C(Nc1ccc(C(F)(F)F)cc1)N1CCc2cccnc2[C@H]1c1ccc(C(F)(F)F)cc1. The summed E-state index contributed by atoms with van der Waals surface area (Å²) in [4.78, 5) is 18.8. The molecule has 33 heavy (non-hydrogen) atoms. The number of hydrogen-bond acceptors (Lipinski definition) is 2. The molecule has 4 rings (SSSR count). The van der Waals surface area contributed by atoms with E-state index in [0.29, 0.717) is 17.7 Å². The molecule has 2 heterocycles. The van der Waals surface area contributed by atoms with E-state index in [4.69, 9.17) is 0 Å². The standard InChI is InChI=1S/C23H17F6N3O/c24-22(25,26)16-5-3-15(4-6-16)20-19-14(2-1-12-30-19)11-13-32(20)21(33)31-18-9-7-17(8-10-18)23(27,28)29/h1-10,12,20H,11,13H2,(H,31,33)/t20-/m1/s1. The zero-order valence-electron chi connectivity index (χ0n) is 16.9. The highest BCUT2D eigenvalue weighted by molar-refractivity contribution is 5.90. The van der Waals surface area contributed by atoms with E-state index in [1.165, 1.54) is 23.2 Å². The van der Waals surface area contributed by atoms with Crippen molar-refractivity contribution < 1.29 is 31.1 Å². The minimum atomic E-state index is -4.50. The monoisotopic (exact) mass is 465 g/mol. The average molecular weight is 465 g/mol. The van der Waals surface area contributed by atoms with Crippen molar-refractivity contribution in [3.05, 3.63) is 94.8 Å². The summed E-state index contributed by atoms with van der Waals surface area (Å²) in [5.41, 5.74) is 0.326. The number of anilines is 1. The molecule has 0 unspecified atom stereocenters. The van der Waals surface area contributed by atoms with Gasteiger partial charge < -0.3 is 10.2 Å². The highest BCUT2D eigenvalue weighted by Gasteiger charge is 2.35. The van der Waals surface area contributed by atoms with Gasteiger partial charge in [-0.05, 0) is 60.0 Å². The Hall–Kier alpha value is -3.56. The lowest BCUT2D eigenvalue weighted by Crippen LogP contribution is -2.43. The summed E-state index contributed by atoms with van der Waals surface area (Å²) in [7, 11) is 0. The lowest BCUT2D eigenvalue weighted by atomic mass is 9.92. The fourth-order valence-electron chi connectivity index (χ4n) is 3.77. The highest BCUT2D eigenvalue weighted by atomic mass is 19.4. The number of fused-ring (bicyclic) bond motifs is 1. The second kappa shape index (κ2) is 8.42. The summed E-state index contributed by atoms with van der Waals surface area (Å²) in [6, 6.07) is 10.7. The largest absolute Gasteiger partial charge is 0.416 e. The molecule has 4 nitrogen and oxygen atoms in total. The first-order valence-corrected chi connectivity index (χ1v) is 9.90. The van der Waals surface area contributed by atoms with Gasteiger partial charge in [0.2, 0.25) is 0 Å². The first kappa shape index (κ1) is 22.6. The molecule has 0 saturated heterocycles. The number of carbonyl (C=O) groups excluding carboxylic acids is 1. The topological polar surface area (TPSA) is 45.2 Å². The zero-order valence-corrected chi connectivity index (χ0v) is 16.9. The van der Waals surface area contributed by atoms with Gasteiger partial charge in [0.1, 0.15) is 6.04 Å². The highest BCUT2D eigenvalue weighted by Crippen LogP contribution is 2.36. The molecule has 1 aromatic heterocycles. The molecular weight excluding hydrogens is 448 g/mol. The normalized spacial score (nSPS) is 16.3. The van der Waals surface area contributed by atoms with Gasteiger partial charge in [-0.2, -0.15) is 26.3 Å². The minimum absolute atomic E-state index is 0.158. The smallest absolute Gasteiger partial charge is 0.311 e. The fraction of sp³-hybridized carbons (Fsp3) is 0.217. The van der Waals surface area contributed by atoms with Gasteiger partial charge in [0.25, 0.3) is 0 Å². The number of alkyl halides is 6. The summed E-state index contributed by atoms with van der Waals surface area (Å²) >= 11 is 0. The van der Waals surface area contributed by atoms with E-state index in [1.807, 2.05) is 6.07 Å². The van der Waals surface area contributed by atoms with Crippen LogP contribution in [0.25, 0.3) is 0 Å². The van der Waals surface area contributed by atoms with E-state index in [9.17, 15) is 31.1 Å². The molecule has 3 aromatic rings. The van der Waals surface area contributed by atoms with Crippen molar-refractivity contribution >= 4 is 11.7 Å². The van der Waals surface area contributed by atoms with Crippen LogP contribution in [0.2, 0.25) is 0 Å². The van der Waals surface area contributed by atoms with Gasteiger partial charge in [-0.3, -0.25) is 4.98 Å². The maximum absolute atomic E-state index is 13.1. The van der Waals surface area contributed by atoms with Crippen LogP contribution in [-0.4, -0.2) is 22.5 Å². The van der Waals surface area contributed by atoms with E-state index in [-0.39, 0.29) is 12.2 Å². The third-order valence-electron chi connectivity index (χ3n) is 5.40. The van der Waals surface area contributed by atoms with Crippen molar-refractivity contribution in [3.8, 4) is 0 Å². The van der Waals surface area contributed by atoms with Crippen molar-refractivity contribution in [2.45, 2.75) is 24.8 Å². The Labute approximate surface area is 184 Å². The van der Waals surface area contributed by atoms with Crippen LogP contribution in [0.3, 0.4) is 0 Å². The molecule has 10 heteroatoms. The van der Waals surface area contributed by atoms with Crippen molar-refractivity contribution in [2.24, 2.45) is 0 Å². The van der Waals surface area contributed by atoms with Crippen molar-refractivity contribution in [2.75, 3.05) is 11.9 Å². The molecule has 0 saturated carbocycles. The Morgan fingerprint density at radius 2 is 1.45 bits per heavy atom. The van der Waals surface area contributed by atoms with Crippen LogP contribution in [-0.2, 0) is 18.8 Å². The zero-order chi connectivity index (χ0) is 23.8. The molecular formula is C23H17F6N3O. The van der Waals surface area contributed by atoms with Gasteiger partial charge in [-0.25, -0.2) is 4.79 Å².